The van der Waals surface area contributed by atoms with E-state index in [1.807, 2.05) is 0 Å². The summed E-state index contributed by atoms with van der Waals surface area (Å²) in [4.78, 5) is 0. The molecule has 0 atom stereocenters. The molecule has 0 spiro atoms. The second-order valence-electron chi connectivity index (χ2n) is 6.53. The Kier molecular flexibility index (Phi) is 45.7. The number of halogens is 2. The molecule has 3 nitrogen and oxygen atoms in total. The molecule has 0 unspecified atom stereocenters. The smallest absolute Gasteiger partial charge is 0.662 e. The largest absolute Gasteiger partial charge is 4.00 e. The predicted octanol–water partition coefficient (Wildman–Crippen LogP) is 7.31. The summed E-state index contributed by atoms with van der Waals surface area (Å²) in [5.41, 5.74) is 0. The van der Waals surface area contributed by atoms with E-state index in [2.05, 4.69) is 57.5 Å². The van der Waals surface area contributed by atoms with Gasteiger partial charge in [-0.05, 0) is 0 Å². The van der Waals surface area contributed by atoms with Crippen LogP contribution >= 0.6 is 0 Å². The average molecular weight is 610 g/mol. The normalized spacial score (nSPS) is 9.37. The second kappa shape index (κ2) is 36.5. The van der Waals surface area contributed by atoms with E-state index in [0.29, 0.717) is 0 Å². The van der Waals surface area contributed by atoms with Crippen molar-refractivity contribution in [3.05, 3.63) is 40.2 Å². The third kappa shape index (κ3) is 38.7. The van der Waals surface area contributed by atoms with E-state index in [1.54, 1.807) is 12.1 Å². The third-order valence-corrected chi connectivity index (χ3v) is 4.12. The van der Waals surface area contributed by atoms with E-state index >= 15 is 0 Å². The van der Waals surface area contributed by atoms with Crippen molar-refractivity contribution in [1.82, 2.24) is 0 Å². The fraction of sp³-hybridized carbons (Fsp3) is 0.783. The molecule has 1 aromatic carbocycles. The van der Waals surface area contributed by atoms with E-state index in [-0.39, 0.29) is 31.0 Å². The minimum absolute atomic E-state index is 0. The van der Waals surface area contributed by atoms with Gasteiger partial charge in [-0.2, -0.15) is 12.1 Å². The van der Waals surface area contributed by atoms with Gasteiger partial charge >= 0.3 is 35.3 Å². The van der Waals surface area contributed by atoms with Gasteiger partial charge in [0.15, 0.2) is 0 Å². The van der Waals surface area contributed by atoms with Gasteiger partial charge in [0, 0.05) is 0 Å². The molecule has 0 heterocycles. The minimum Gasteiger partial charge on any atom is -0.662 e. The molecule has 0 aromatic heterocycles. The zero-order valence-corrected chi connectivity index (χ0v) is 25.2. The van der Waals surface area contributed by atoms with Crippen molar-refractivity contribution >= 4 is 14.7 Å². The van der Waals surface area contributed by atoms with Crippen LogP contribution in [0.25, 0.3) is 16.0 Å². The maximum Gasteiger partial charge on any atom is 4.00 e. The molecule has 0 radical (unpaired) electrons. The van der Waals surface area contributed by atoms with Gasteiger partial charge in [-0.15, -0.1) is 44.5 Å². The molecule has 1 rings (SSSR count). The van der Waals surface area contributed by atoms with Crippen molar-refractivity contribution in [2.75, 3.05) is 39.3 Å². The molecule has 0 saturated carbocycles. The summed E-state index contributed by atoms with van der Waals surface area (Å²) in [6.45, 7) is 19.2. The molecule has 0 aliphatic carbocycles. The number of hydrogen-bond acceptors (Lipinski definition) is 0. The standard InChI is InChI=1S/3C6H14N.C5H5F2Si.Hf/c3*1-3-5-7-6-4-2;6-8(7)5-3-1-2-4-5;/h3*3-6H2,1-2H3;1-4,8H;/q4*-1;+4. The van der Waals surface area contributed by atoms with Crippen LogP contribution in [0.1, 0.15) is 80.1 Å². The van der Waals surface area contributed by atoms with Gasteiger partial charge < -0.3 is 16.0 Å². The molecular weight excluding hydrogens is 563 g/mol. The molecule has 0 aliphatic rings. The Hall–Kier alpha value is 0.177. The molecule has 0 saturated heterocycles. The Labute approximate surface area is 207 Å². The first-order chi connectivity index (χ1) is 14.0. The van der Waals surface area contributed by atoms with Crippen molar-refractivity contribution < 1.29 is 34.1 Å². The van der Waals surface area contributed by atoms with Crippen molar-refractivity contribution in [3.8, 4) is 0 Å². The molecule has 0 amide bonds. The molecule has 0 N–H and O–H groups in total. The summed E-state index contributed by atoms with van der Waals surface area (Å²) in [5.74, 6) is 0. The Bertz CT molecular complexity index is 320. The van der Waals surface area contributed by atoms with E-state index in [0.717, 1.165) is 39.3 Å². The van der Waals surface area contributed by atoms with E-state index in [9.17, 15) is 8.22 Å². The molecule has 30 heavy (non-hydrogen) atoms. The van der Waals surface area contributed by atoms with Gasteiger partial charge in [0.2, 0.25) is 0 Å². The Morgan fingerprint density at radius 3 is 0.933 bits per heavy atom. The molecule has 0 fully saturated rings. The number of hydrogen-bond donors (Lipinski definition) is 0. The second-order valence-corrected chi connectivity index (χ2v) is 7.80. The first-order valence-electron chi connectivity index (χ1n) is 11.4. The zero-order valence-electron chi connectivity index (χ0n) is 20.5. The van der Waals surface area contributed by atoms with Crippen LogP contribution in [-0.2, 0) is 25.8 Å². The summed E-state index contributed by atoms with van der Waals surface area (Å²) in [6.07, 6.45) is 7.17. The molecule has 7 heteroatoms. The monoisotopic (exact) mass is 611 g/mol. The van der Waals surface area contributed by atoms with Crippen LogP contribution in [0.15, 0.2) is 24.3 Å². The van der Waals surface area contributed by atoms with Crippen LogP contribution in [0.2, 0.25) is 0 Å². The van der Waals surface area contributed by atoms with Gasteiger partial charge in [0.25, 0.3) is 0 Å². The average Bonchev–Trinajstić information content (AvgIpc) is 3.26. The van der Waals surface area contributed by atoms with Gasteiger partial charge in [0.05, 0.1) is 0 Å². The topological polar surface area (TPSA) is 42.3 Å². The minimum atomic E-state index is -3.48. The van der Waals surface area contributed by atoms with Gasteiger partial charge in [-0.1, -0.05) is 80.1 Å². The van der Waals surface area contributed by atoms with Gasteiger partial charge in [-0.3, -0.25) is 8.22 Å². The molecule has 0 bridgehead atoms. The zero-order chi connectivity index (χ0) is 22.6. The van der Waals surface area contributed by atoms with Crippen LogP contribution in [0, 0.1) is 0 Å². The van der Waals surface area contributed by atoms with Crippen molar-refractivity contribution in [3.63, 3.8) is 0 Å². The SMILES string of the molecule is CCC[N-]CCC.CCC[N-]CCC.CCC[N-]CCC.F[SiH](F)[c-]1cccc1.[Hf+4]. The number of nitrogens with zero attached hydrogens (tertiary/aromatic N) is 3. The van der Waals surface area contributed by atoms with Crippen LogP contribution in [-0.4, -0.2) is 48.7 Å². The van der Waals surface area contributed by atoms with Crippen LogP contribution < -0.4 is 5.19 Å². The fourth-order valence-electron chi connectivity index (χ4n) is 1.82. The molecule has 0 aliphatic heterocycles. The van der Waals surface area contributed by atoms with Crippen LogP contribution in [0.4, 0.5) is 8.22 Å². The van der Waals surface area contributed by atoms with E-state index in [4.69, 9.17) is 0 Å². The van der Waals surface area contributed by atoms with Crippen molar-refractivity contribution in [2.45, 2.75) is 80.1 Å². The first kappa shape index (κ1) is 37.5. The maximum atomic E-state index is 11.7. The summed E-state index contributed by atoms with van der Waals surface area (Å²) in [7, 11) is -3.48. The van der Waals surface area contributed by atoms with Crippen LogP contribution in [0.5, 0.6) is 0 Å². The van der Waals surface area contributed by atoms with Crippen molar-refractivity contribution in [2.24, 2.45) is 0 Å². The predicted molar refractivity (Wildman–Crippen MR) is 132 cm³/mol. The Balaban J connectivity index is -0.000000149. The first-order valence-corrected chi connectivity index (χ1v) is 12.9. The third-order valence-electron chi connectivity index (χ3n) is 3.23. The summed E-state index contributed by atoms with van der Waals surface area (Å²) in [5, 5.41) is 12.9. The van der Waals surface area contributed by atoms with E-state index < -0.39 is 9.46 Å². The quantitative estimate of drug-likeness (QED) is 0.0974. The van der Waals surface area contributed by atoms with Crippen molar-refractivity contribution in [1.29, 1.82) is 0 Å². The summed E-state index contributed by atoms with van der Waals surface area (Å²) in [6, 6.07) is 6.21. The van der Waals surface area contributed by atoms with Crippen LogP contribution in [0.3, 0.4) is 0 Å². The summed E-state index contributed by atoms with van der Waals surface area (Å²) >= 11 is 0. The fourth-order valence-corrected chi connectivity index (χ4v) is 2.33. The molecule has 176 valence electrons. The number of rotatable bonds is 13. The maximum absolute atomic E-state index is 11.7. The molecular formula is C23H47F2HfN3Si. The van der Waals surface area contributed by atoms with Gasteiger partial charge in [0.1, 0.15) is 0 Å². The molecule has 1 aromatic rings. The summed E-state index contributed by atoms with van der Waals surface area (Å²) < 4.78 is 23.5. The Morgan fingerprint density at radius 1 is 0.567 bits per heavy atom. The van der Waals surface area contributed by atoms with E-state index in [1.165, 1.54) is 50.7 Å². The van der Waals surface area contributed by atoms with Gasteiger partial charge in [-0.25, -0.2) is 12.1 Å². The Morgan fingerprint density at radius 2 is 0.800 bits per heavy atom.